The second-order valence-corrected chi connectivity index (χ2v) is 8.99. The topological polar surface area (TPSA) is 105 Å². The SMILES string of the molecule is COc1cc2nccc(Oc3ccc(-n4nc(C(=O)NCc5ccc(F)cc5)c(C)cc4=O)cc3F)c2cc1OC. The quantitative estimate of drug-likeness (QED) is 0.282. The largest absolute Gasteiger partial charge is 0.493 e. The first kappa shape index (κ1) is 27.3. The van der Waals surface area contributed by atoms with Crippen molar-refractivity contribution in [3.63, 3.8) is 0 Å². The number of fused-ring (bicyclic) bond motifs is 1. The van der Waals surface area contributed by atoms with Crippen LogP contribution in [0.2, 0.25) is 0 Å². The summed E-state index contributed by atoms with van der Waals surface area (Å²) in [6.45, 7) is 1.70. The fraction of sp³-hybridized carbons (Fsp3) is 0.133. The van der Waals surface area contributed by atoms with Crippen LogP contribution in [-0.2, 0) is 6.54 Å². The molecule has 5 aromatic rings. The number of pyridine rings is 1. The van der Waals surface area contributed by atoms with Crippen molar-refractivity contribution in [1.29, 1.82) is 0 Å². The number of halogens is 2. The fourth-order valence-corrected chi connectivity index (χ4v) is 4.18. The molecule has 0 unspecified atom stereocenters. The molecular weight excluding hydrogens is 534 g/mol. The molecule has 0 atom stereocenters. The van der Waals surface area contributed by atoms with Crippen LogP contribution in [-0.4, -0.2) is 34.9 Å². The highest BCUT2D eigenvalue weighted by Gasteiger charge is 2.17. The standard InChI is InChI=1S/C30H24F2N4O5/c1-17-12-28(37)36(35-29(17)30(38)34-16-18-4-6-19(31)7-5-18)20-8-9-25(22(32)13-20)41-24-10-11-33-23-15-27(40-3)26(39-2)14-21(23)24/h4-15H,16H2,1-3H3,(H,34,38). The maximum Gasteiger partial charge on any atom is 0.272 e. The van der Waals surface area contributed by atoms with E-state index in [0.29, 0.717) is 39.3 Å². The average Bonchev–Trinajstić information content (AvgIpc) is 2.97. The summed E-state index contributed by atoms with van der Waals surface area (Å²) < 4.78 is 45.9. The van der Waals surface area contributed by atoms with E-state index >= 15 is 4.39 Å². The number of benzene rings is 3. The van der Waals surface area contributed by atoms with Crippen molar-refractivity contribution >= 4 is 16.8 Å². The van der Waals surface area contributed by atoms with Crippen molar-refractivity contribution < 1.29 is 27.8 Å². The molecule has 208 valence electrons. The predicted octanol–water partition coefficient (Wildman–Crippen LogP) is 5.11. The van der Waals surface area contributed by atoms with Crippen molar-refractivity contribution in [3.05, 3.63) is 112 Å². The van der Waals surface area contributed by atoms with Gasteiger partial charge in [0.05, 0.1) is 25.4 Å². The van der Waals surface area contributed by atoms with E-state index in [0.717, 1.165) is 10.7 Å². The number of amides is 1. The molecule has 3 aromatic carbocycles. The van der Waals surface area contributed by atoms with Gasteiger partial charge < -0.3 is 19.5 Å². The van der Waals surface area contributed by atoms with Crippen LogP contribution in [0, 0.1) is 18.6 Å². The summed E-state index contributed by atoms with van der Waals surface area (Å²) in [6, 6.07) is 15.8. The molecule has 0 bridgehead atoms. The van der Waals surface area contributed by atoms with Gasteiger partial charge in [-0.3, -0.25) is 14.6 Å². The van der Waals surface area contributed by atoms with Gasteiger partial charge in [-0.2, -0.15) is 9.78 Å². The lowest BCUT2D eigenvalue weighted by Gasteiger charge is -2.14. The van der Waals surface area contributed by atoms with E-state index < -0.39 is 17.3 Å². The second kappa shape index (κ2) is 11.4. The molecule has 5 rings (SSSR count). The summed E-state index contributed by atoms with van der Waals surface area (Å²) in [5, 5.41) is 7.46. The van der Waals surface area contributed by atoms with Gasteiger partial charge in [0.1, 0.15) is 11.6 Å². The van der Waals surface area contributed by atoms with Crippen molar-refractivity contribution in [2.75, 3.05) is 14.2 Å². The van der Waals surface area contributed by atoms with Crippen molar-refractivity contribution in [2.45, 2.75) is 13.5 Å². The Balaban J connectivity index is 1.41. The van der Waals surface area contributed by atoms with Gasteiger partial charge in [-0.1, -0.05) is 12.1 Å². The highest BCUT2D eigenvalue weighted by atomic mass is 19.1. The third-order valence-electron chi connectivity index (χ3n) is 6.29. The summed E-state index contributed by atoms with van der Waals surface area (Å²) in [6.07, 6.45) is 1.52. The first-order chi connectivity index (χ1) is 19.8. The molecule has 11 heteroatoms. The Labute approximate surface area is 232 Å². The number of hydrogen-bond donors (Lipinski definition) is 1. The average molecular weight is 559 g/mol. The molecule has 0 spiro atoms. The van der Waals surface area contributed by atoms with E-state index in [4.69, 9.17) is 14.2 Å². The van der Waals surface area contributed by atoms with Gasteiger partial charge >= 0.3 is 0 Å². The highest BCUT2D eigenvalue weighted by Crippen LogP contribution is 2.37. The number of nitrogens with zero attached hydrogens (tertiary/aromatic N) is 3. The van der Waals surface area contributed by atoms with Crippen molar-refractivity contribution in [1.82, 2.24) is 20.1 Å². The highest BCUT2D eigenvalue weighted by molar-refractivity contribution is 5.93. The molecule has 0 radical (unpaired) electrons. The molecule has 0 saturated carbocycles. The van der Waals surface area contributed by atoms with Crippen LogP contribution in [0.4, 0.5) is 8.78 Å². The number of rotatable bonds is 8. The van der Waals surface area contributed by atoms with Crippen LogP contribution in [0.3, 0.4) is 0 Å². The van der Waals surface area contributed by atoms with Crippen LogP contribution in [0.25, 0.3) is 16.6 Å². The maximum absolute atomic E-state index is 15.3. The second-order valence-electron chi connectivity index (χ2n) is 8.99. The normalized spacial score (nSPS) is 10.9. The van der Waals surface area contributed by atoms with Crippen molar-refractivity contribution in [3.8, 4) is 28.7 Å². The first-order valence-electron chi connectivity index (χ1n) is 12.4. The Morgan fingerprint density at radius 1 is 0.902 bits per heavy atom. The molecule has 0 fully saturated rings. The van der Waals surface area contributed by atoms with Gasteiger partial charge in [0.15, 0.2) is 28.8 Å². The minimum Gasteiger partial charge on any atom is -0.493 e. The monoisotopic (exact) mass is 558 g/mol. The summed E-state index contributed by atoms with van der Waals surface area (Å²) in [7, 11) is 3.01. The zero-order valence-corrected chi connectivity index (χ0v) is 22.3. The van der Waals surface area contributed by atoms with Gasteiger partial charge in [-0.05, 0) is 54.4 Å². The van der Waals surface area contributed by atoms with E-state index in [9.17, 15) is 14.0 Å². The number of carbonyl (C=O) groups excluding carboxylic acids is 1. The number of aromatic nitrogens is 3. The van der Waals surface area contributed by atoms with Crippen LogP contribution in [0.5, 0.6) is 23.0 Å². The molecule has 0 aliphatic heterocycles. The van der Waals surface area contributed by atoms with Crippen LogP contribution < -0.4 is 25.1 Å². The molecule has 2 aromatic heterocycles. The molecule has 0 aliphatic carbocycles. The summed E-state index contributed by atoms with van der Waals surface area (Å²) in [5.41, 5.74) is 1.12. The molecule has 1 amide bonds. The van der Waals surface area contributed by atoms with Gasteiger partial charge in [0.25, 0.3) is 11.5 Å². The Morgan fingerprint density at radius 2 is 1.63 bits per heavy atom. The summed E-state index contributed by atoms with van der Waals surface area (Å²) in [5.74, 6) is -0.525. The third kappa shape index (κ3) is 5.69. The van der Waals surface area contributed by atoms with Gasteiger partial charge in [-0.15, -0.1) is 0 Å². The van der Waals surface area contributed by atoms with E-state index in [-0.39, 0.29) is 29.5 Å². The van der Waals surface area contributed by atoms with Gasteiger partial charge in [-0.25, -0.2) is 8.78 Å². The Hall–Kier alpha value is -5.32. The van der Waals surface area contributed by atoms with Gasteiger partial charge in [0.2, 0.25) is 0 Å². The van der Waals surface area contributed by atoms with E-state index in [1.807, 2.05) is 0 Å². The number of carbonyl (C=O) groups is 1. The van der Waals surface area contributed by atoms with E-state index in [1.54, 1.807) is 37.3 Å². The zero-order chi connectivity index (χ0) is 29.1. The lowest BCUT2D eigenvalue weighted by Crippen LogP contribution is -2.30. The van der Waals surface area contributed by atoms with Crippen LogP contribution in [0.1, 0.15) is 21.6 Å². The number of ether oxygens (including phenoxy) is 3. The Kier molecular flexibility index (Phi) is 7.59. The maximum atomic E-state index is 15.3. The number of nitrogens with one attached hydrogen (secondary N) is 1. The molecule has 1 N–H and O–H groups in total. The summed E-state index contributed by atoms with van der Waals surface area (Å²) >= 11 is 0. The Morgan fingerprint density at radius 3 is 2.34 bits per heavy atom. The molecule has 0 saturated heterocycles. The molecule has 9 nitrogen and oxygen atoms in total. The molecule has 41 heavy (non-hydrogen) atoms. The minimum absolute atomic E-state index is 0.0138. The van der Waals surface area contributed by atoms with Gasteiger partial charge in [0, 0.05) is 36.3 Å². The zero-order valence-electron chi connectivity index (χ0n) is 22.3. The smallest absolute Gasteiger partial charge is 0.272 e. The fourth-order valence-electron chi connectivity index (χ4n) is 4.18. The molecular formula is C30H24F2N4O5. The Bertz CT molecular complexity index is 1820. The van der Waals surface area contributed by atoms with Crippen LogP contribution >= 0.6 is 0 Å². The lowest BCUT2D eigenvalue weighted by molar-refractivity contribution is 0.0943. The third-order valence-corrected chi connectivity index (χ3v) is 6.29. The molecule has 0 aliphatic rings. The number of hydrogen-bond acceptors (Lipinski definition) is 7. The number of aryl methyl sites for hydroxylation is 1. The number of methoxy groups -OCH3 is 2. The predicted molar refractivity (Wildman–Crippen MR) is 147 cm³/mol. The summed E-state index contributed by atoms with van der Waals surface area (Å²) in [4.78, 5) is 29.9. The lowest BCUT2D eigenvalue weighted by atomic mass is 10.1. The van der Waals surface area contributed by atoms with Crippen LogP contribution in [0.15, 0.2) is 77.7 Å². The van der Waals surface area contributed by atoms with Crippen molar-refractivity contribution in [2.24, 2.45) is 0 Å². The first-order valence-corrected chi connectivity index (χ1v) is 12.4. The van der Waals surface area contributed by atoms with E-state index in [1.165, 1.54) is 50.7 Å². The molecule has 2 heterocycles. The van der Waals surface area contributed by atoms with E-state index in [2.05, 4.69) is 15.4 Å². The minimum atomic E-state index is -0.760.